The lowest BCUT2D eigenvalue weighted by Crippen LogP contribution is -2.29. The Morgan fingerprint density at radius 2 is 1.94 bits per heavy atom. The molecule has 0 radical (unpaired) electrons. The first-order chi connectivity index (χ1) is 7.76. The van der Waals surface area contributed by atoms with Crippen LogP contribution < -0.4 is 0 Å². The Balaban J connectivity index is 2.50. The van der Waals surface area contributed by atoms with Crippen LogP contribution in [0.5, 0.6) is 0 Å². The van der Waals surface area contributed by atoms with Crippen molar-refractivity contribution in [2.75, 3.05) is 19.0 Å². The minimum Gasteiger partial charge on any atom is -0.298 e. The second kappa shape index (κ2) is 7.70. The normalized spacial score (nSPS) is 13.0. The van der Waals surface area contributed by atoms with Gasteiger partial charge in [-0.15, -0.1) is 11.6 Å². The first-order valence-electron chi connectivity index (χ1n) is 6.08. The molecule has 1 aromatic carbocycles. The number of alkyl halides is 1. The maximum Gasteiger partial charge on any atom is 0.0351 e. The standard InChI is InChI=1S/C14H22ClN/c1-3-13(2)11-16(10-9-15)12-14-7-5-4-6-8-14/h4-8,13H,3,9-12H2,1-2H3. The monoisotopic (exact) mass is 239 g/mol. The first kappa shape index (κ1) is 13.5. The van der Waals surface area contributed by atoms with E-state index in [1.807, 2.05) is 0 Å². The van der Waals surface area contributed by atoms with Gasteiger partial charge in [0.05, 0.1) is 0 Å². The van der Waals surface area contributed by atoms with Gasteiger partial charge in [-0.2, -0.15) is 0 Å². The molecule has 0 bridgehead atoms. The molecule has 0 fully saturated rings. The van der Waals surface area contributed by atoms with Gasteiger partial charge in [-0.05, 0) is 11.5 Å². The van der Waals surface area contributed by atoms with Crippen molar-refractivity contribution in [1.29, 1.82) is 0 Å². The predicted molar refractivity (Wildman–Crippen MR) is 71.9 cm³/mol. The summed E-state index contributed by atoms with van der Waals surface area (Å²) in [6.07, 6.45) is 1.23. The van der Waals surface area contributed by atoms with Crippen molar-refractivity contribution in [2.24, 2.45) is 5.92 Å². The molecule has 2 heteroatoms. The summed E-state index contributed by atoms with van der Waals surface area (Å²) in [5.41, 5.74) is 1.37. The Kier molecular flexibility index (Phi) is 6.51. The van der Waals surface area contributed by atoms with Gasteiger partial charge in [0.25, 0.3) is 0 Å². The molecule has 0 saturated heterocycles. The van der Waals surface area contributed by atoms with Gasteiger partial charge in [-0.25, -0.2) is 0 Å². The molecule has 0 aliphatic heterocycles. The quantitative estimate of drug-likeness (QED) is 0.655. The Morgan fingerprint density at radius 3 is 2.50 bits per heavy atom. The summed E-state index contributed by atoms with van der Waals surface area (Å²) >= 11 is 5.85. The molecule has 0 aliphatic rings. The molecule has 1 nitrogen and oxygen atoms in total. The van der Waals surface area contributed by atoms with E-state index in [0.29, 0.717) is 5.88 Å². The van der Waals surface area contributed by atoms with Crippen molar-refractivity contribution in [1.82, 2.24) is 4.90 Å². The summed E-state index contributed by atoms with van der Waals surface area (Å²) in [5, 5.41) is 0. The van der Waals surface area contributed by atoms with E-state index in [4.69, 9.17) is 11.6 Å². The van der Waals surface area contributed by atoms with E-state index < -0.39 is 0 Å². The van der Waals surface area contributed by atoms with Crippen LogP contribution in [0.15, 0.2) is 30.3 Å². The average Bonchev–Trinajstić information content (AvgIpc) is 2.30. The fourth-order valence-electron chi connectivity index (χ4n) is 1.77. The molecule has 0 aromatic heterocycles. The second-order valence-electron chi connectivity index (χ2n) is 4.42. The zero-order chi connectivity index (χ0) is 11.8. The molecule has 0 spiro atoms. The predicted octanol–water partition coefficient (Wildman–Crippen LogP) is 3.77. The van der Waals surface area contributed by atoms with Crippen molar-refractivity contribution in [3.05, 3.63) is 35.9 Å². The van der Waals surface area contributed by atoms with Crippen molar-refractivity contribution in [2.45, 2.75) is 26.8 Å². The highest BCUT2D eigenvalue weighted by atomic mass is 35.5. The van der Waals surface area contributed by atoms with Crippen molar-refractivity contribution in [3.63, 3.8) is 0 Å². The summed E-state index contributed by atoms with van der Waals surface area (Å²) in [7, 11) is 0. The van der Waals surface area contributed by atoms with Gasteiger partial charge >= 0.3 is 0 Å². The number of halogens is 1. The highest BCUT2D eigenvalue weighted by Crippen LogP contribution is 2.09. The van der Waals surface area contributed by atoms with Crippen molar-refractivity contribution in [3.8, 4) is 0 Å². The second-order valence-corrected chi connectivity index (χ2v) is 4.80. The van der Waals surface area contributed by atoms with Crippen molar-refractivity contribution >= 4 is 11.6 Å². The van der Waals surface area contributed by atoms with Gasteiger partial charge in [0.1, 0.15) is 0 Å². The fraction of sp³-hybridized carbons (Fsp3) is 0.571. The molecule has 0 heterocycles. The molecule has 0 N–H and O–H groups in total. The minimum atomic E-state index is 0.712. The van der Waals surface area contributed by atoms with Gasteiger partial charge in [0.15, 0.2) is 0 Å². The molecule has 0 aliphatic carbocycles. The van der Waals surface area contributed by atoms with Crippen LogP contribution in [0, 0.1) is 5.92 Å². The molecular formula is C14H22ClN. The first-order valence-corrected chi connectivity index (χ1v) is 6.62. The van der Waals surface area contributed by atoms with Crippen LogP contribution in [0.4, 0.5) is 0 Å². The molecule has 1 atom stereocenters. The summed E-state index contributed by atoms with van der Waals surface area (Å²) in [6, 6.07) is 10.6. The number of hydrogen-bond acceptors (Lipinski definition) is 1. The number of rotatable bonds is 7. The lowest BCUT2D eigenvalue weighted by Gasteiger charge is -2.24. The maximum atomic E-state index is 5.85. The molecule has 90 valence electrons. The Hall–Kier alpha value is -0.530. The van der Waals surface area contributed by atoms with E-state index in [1.165, 1.54) is 12.0 Å². The Labute approximate surface area is 104 Å². The Bertz CT molecular complexity index is 273. The summed E-state index contributed by atoms with van der Waals surface area (Å²) in [5.74, 6) is 1.45. The van der Waals surface area contributed by atoms with Crippen LogP contribution in [-0.4, -0.2) is 23.9 Å². The van der Waals surface area contributed by atoms with Gasteiger partial charge < -0.3 is 0 Å². The molecule has 0 amide bonds. The molecule has 1 unspecified atom stereocenters. The highest BCUT2D eigenvalue weighted by Gasteiger charge is 2.08. The van der Waals surface area contributed by atoms with E-state index in [-0.39, 0.29) is 0 Å². The zero-order valence-electron chi connectivity index (χ0n) is 10.3. The lowest BCUT2D eigenvalue weighted by molar-refractivity contribution is 0.239. The Morgan fingerprint density at radius 1 is 1.25 bits per heavy atom. The number of nitrogens with zero attached hydrogens (tertiary/aromatic N) is 1. The zero-order valence-corrected chi connectivity index (χ0v) is 11.1. The van der Waals surface area contributed by atoms with E-state index >= 15 is 0 Å². The van der Waals surface area contributed by atoms with E-state index in [9.17, 15) is 0 Å². The average molecular weight is 240 g/mol. The molecule has 0 saturated carbocycles. The third-order valence-electron chi connectivity index (χ3n) is 2.92. The van der Waals surface area contributed by atoms with E-state index in [2.05, 4.69) is 49.1 Å². The summed E-state index contributed by atoms with van der Waals surface area (Å²) in [4.78, 5) is 2.44. The van der Waals surface area contributed by atoms with Crippen LogP contribution in [0.2, 0.25) is 0 Å². The number of hydrogen-bond donors (Lipinski definition) is 0. The SMILES string of the molecule is CCC(C)CN(CCCl)Cc1ccccc1. The van der Waals surface area contributed by atoms with E-state index in [1.54, 1.807) is 0 Å². The summed E-state index contributed by atoms with van der Waals surface area (Å²) in [6.45, 7) is 7.66. The molecular weight excluding hydrogens is 218 g/mol. The van der Waals surface area contributed by atoms with Crippen LogP contribution in [0.25, 0.3) is 0 Å². The van der Waals surface area contributed by atoms with Crippen LogP contribution in [0.3, 0.4) is 0 Å². The van der Waals surface area contributed by atoms with Crippen LogP contribution in [-0.2, 0) is 6.54 Å². The largest absolute Gasteiger partial charge is 0.298 e. The minimum absolute atomic E-state index is 0.712. The molecule has 1 aromatic rings. The van der Waals surface area contributed by atoms with Gasteiger partial charge in [-0.1, -0.05) is 50.6 Å². The molecule has 16 heavy (non-hydrogen) atoms. The van der Waals surface area contributed by atoms with Crippen LogP contribution >= 0.6 is 11.6 Å². The third kappa shape index (κ3) is 5.00. The highest BCUT2D eigenvalue weighted by molar-refractivity contribution is 6.18. The van der Waals surface area contributed by atoms with E-state index in [0.717, 1.165) is 25.6 Å². The fourth-order valence-corrected chi connectivity index (χ4v) is 2.00. The van der Waals surface area contributed by atoms with Gasteiger partial charge in [-0.3, -0.25) is 4.90 Å². The number of benzene rings is 1. The van der Waals surface area contributed by atoms with Gasteiger partial charge in [0.2, 0.25) is 0 Å². The molecule has 1 rings (SSSR count). The topological polar surface area (TPSA) is 3.24 Å². The van der Waals surface area contributed by atoms with Gasteiger partial charge in [0, 0.05) is 25.5 Å². The summed E-state index contributed by atoms with van der Waals surface area (Å²) < 4.78 is 0. The van der Waals surface area contributed by atoms with Crippen LogP contribution in [0.1, 0.15) is 25.8 Å². The smallest absolute Gasteiger partial charge is 0.0351 e. The maximum absolute atomic E-state index is 5.85. The van der Waals surface area contributed by atoms with Crippen molar-refractivity contribution < 1.29 is 0 Å². The third-order valence-corrected chi connectivity index (χ3v) is 3.09. The lowest BCUT2D eigenvalue weighted by atomic mass is 10.1.